The summed E-state index contributed by atoms with van der Waals surface area (Å²) in [6, 6.07) is 0. The third-order valence-corrected chi connectivity index (χ3v) is 30.2. The molecule has 0 radical (unpaired) electrons. The third kappa shape index (κ3) is 17.6. The molecule has 0 aromatic heterocycles. The molecule has 0 amide bonds. The van der Waals surface area contributed by atoms with Gasteiger partial charge in [-0.15, -0.1) is 0 Å². The zero-order chi connectivity index (χ0) is 76.2. The largest absolute Gasteiger partial charge is 0.461 e. The minimum atomic E-state index is -3.47. The highest BCUT2D eigenvalue weighted by molar-refractivity contribution is 5.79. The van der Waals surface area contributed by atoms with E-state index in [0.29, 0.717) is 106 Å². The lowest BCUT2D eigenvalue weighted by Crippen LogP contribution is -2.59. The van der Waals surface area contributed by atoms with Crippen molar-refractivity contribution in [3.8, 4) is 0 Å². The number of carbonyl (C=O) groups is 7. The van der Waals surface area contributed by atoms with Crippen molar-refractivity contribution in [2.24, 2.45) is 128 Å². The normalized spacial score (nSPS) is 41.9. The van der Waals surface area contributed by atoms with Crippen molar-refractivity contribution in [3.05, 3.63) is 0 Å². The van der Waals surface area contributed by atoms with Crippen LogP contribution in [0.3, 0.4) is 0 Å². The molecular formula is C84H122F8O14. The number of rotatable bonds is 18. The predicted molar refractivity (Wildman–Crippen MR) is 374 cm³/mol. The van der Waals surface area contributed by atoms with Crippen LogP contribution < -0.4 is 0 Å². The number of halogens is 8. The molecule has 106 heavy (non-hydrogen) atoms. The Kier molecular flexibility index (Phi) is 22.3. The Balaban J connectivity index is 0.000000126. The van der Waals surface area contributed by atoms with Gasteiger partial charge in [0, 0.05) is 43.9 Å². The van der Waals surface area contributed by atoms with Crippen molar-refractivity contribution in [1.29, 1.82) is 0 Å². The average Bonchev–Trinajstić information content (AvgIpc) is 1.30. The van der Waals surface area contributed by atoms with Gasteiger partial charge >= 0.3 is 65.5 Å². The van der Waals surface area contributed by atoms with Crippen molar-refractivity contribution in [1.82, 2.24) is 0 Å². The first-order valence-corrected chi connectivity index (χ1v) is 41.4. The van der Waals surface area contributed by atoms with Gasteiger partial charge in [-0.2, -0.15) is 35.1 Å². The van der Waals surface area contributed by atoms with Gasteiger partial charge in [0.1, 0.15) is 16.8 Å². The summed E-state index contributed by atoms with van der Waals surface area (Å²) in [5, 5.41) is 0. The molecule has 0 aromatic carbocycles. The molecule has 19 aliphatic carbocycles. The SMILES string of the molecule is CC(F)(F)C(=O)OCC12CC3CC(C1)CC(OC(=O)C1CCC(C(C)(C)C)CC1)(C3)C2.CC(F)(F)C(=O)OCC12CC3CC(C1)CC(OC(=O)C1CCCCC1)(C3)C2.CC(F)(F)C(=O)OCC1CC2CC1C1C3CCC(C3)C21.CC1CCC(C(=O)OC23CC4CC(CC(COC(=O)C(C)(F)F)(C4)C2)C3)CC1. The second-order valence-electron chi connectivity index (χ2n) is 40.4. The Labute approximate surface area is 622 Å². The molecule has 0 spiro atoms. The van der Waals surface area contributed by atoms with Crippen LogP contribution in [0.5, 0.6) is 0 Å². The van der Waals surface area contributed by atoms with Crippen LogP contribution in [0.25, 0.3) is 0 Å². The molecular weight excluding hydrogens is 1380 g/mol. The van der Waals surface area contributed by atoms with Crippen LogP contribution in [0.2, 0.25) is 0 Å². The molecule has 19 fully saturated rings. The number of ether oxygens (including phenoxy) is 7. The van der Waals surface area contributed by atoms with Gasteiger partial charge < -0.3 is 33.2 Å². The molecule has 16 bridgehead atoms. The van der Waals surface area contributed by atoms with Crippen molar-refractivity contribution in [3.63, 3.8) is 0 Å². The van der Waals surface area contributed by atoms with Crippen molar-refractivity contribution in [2.45, 2.75) is 327 Å². The van der Waals surface area contributed by atoms with Gasteiger partial charge in [-0.3, -0.25) is 14.4 Å². The summed E-state index contributed by atoms with van der Waals surface area (Å²) in [4.78, 5) is 84.8. The first-order valence-electron chi connectivity index (χ1n) is 41.4. The first-order chi connectivity index (χ1) is 49.5. The standard InChI is InChI=1S/C25H38F2O4.C22H32F2O4.C21H30F2O4.C16H22F2O2/c1-22(2,3)19-7-5-18(6-8-19)20(28)31-25-12-16-9-17(13-25)11-24(10-16,14-25)15-30-21(29)23(4,26)27;1-14-3-5-17(6-4-14)18(25)28-22-10-15-7-16(11-22)9-21(8-15,12-22)13-27-19(26)20(2,23)24;1-19(22,23)18(25)26-13-20-8-14-7-15(9-20)11-21(10-14,12-20)27-17(24)16-5-3-2-4-6-16;1-16(17,18)15(19)20-7-11-5-10-6-12(11)14-9-3-2-8(4-9)13(10)14/h16-19H,5-15H2,1-4H3;14-17H,3-13H2,1-2H3;14-16H,2-13H2,1H3;8-14H,2-7H2,1H3. The number of esters is 7. The Hall–Kier alpha value is -4.27. The number of fused-ring (bicyclic) bond motifs is 9. The van der Waals surface area contributed by atoms with E-state index in [4.69, 9.17) is 33.2 Å². The molecule has 19 aliphatic rings. The van der Waals surface area contributed by atoms with E-state index in [1.54, 1.807) is 0 Å². The summed E-state index contributed by atoms with van der Waals surface area (Å²) in [7, 11) is 0. The maximum Gasteiger partial charge on any atom is 0.376 e. The number of alkyl halides is 8. The Bertz CT molecular complexity index is 3170. The zero-order valence-electron chi connectivity index (χ0n) is 64.4. The quantitative estimate of drug-likeness (QED) is 0.0546. The molecule has 0 saturated heterocycles. The third-order valence-electron chi connectivity index (χ3n) is 30.2. The lowest BCUT2D eigenvalue weighted by molar-refractivity contribution is -0.217. The highest BCUT2D eigenvalue weighted by Gasteiger charge is 2.66. The number of hydrogen-bond acceptors (Lipinski definition) is 14. The smallest absolute Gasteiger partial charge is 0.376 e. The maximum atomic E-state index is 13.3. The fraction of sp³-hybridized carbons (Fsp3) is 0.917. The second-order valence-corrected chi connectivity index (χ2v) is 40.4. The van der Waals surface area contributed by atoms with E-state index in [9.17, 15) is 68.7 Å². The molecule has 22 heteroatoms. The van der Waals surface area contributed by atoms with Crippen LogP contribution in [-0.2, 0) is 66.7 Å². The molecule has 598 valence electrons. The Morgan fingerprint density at radius 2 is 0.679 bits per heavy atom. The van der Waals surface area contributed by atoms with Gasteiger partial charge in [0.25, 0.3) is 0 Å². The van der Waals surface area contributed by atoms with Crippen LogP contribution in [0, 0.1) is 128 Å². The number of hydrogen-bond donors (Lipinski definition) is 0. The highest BCUT2D eigenvalue weighted by atomic mass is 19.3. The first kappa shape index (κ1) is 79.8. The van der Waals surface area contributed by atoms with E-state index in [-0.39, 0.29) is 83.7 Å². The molecule has 19 rings (SSSR count). The molecule has 0 aliphatic heterocycles. The maximum absolute atomic E-state index is 13.3. The zero-order valence-corrected chi connectivity index (χ0v) is 64.4. The predicted octanol–water partition coefficient (Wildman–Crippen LogP) is 19.0. The molecule has 0 aromatic rings. The Morgan fingerprint density at radius 1 is 0.349 bits per heavy atom. The van der Waals surface area contributed by atoms with Gasteiger partial charge in [0.15, 0.2) is 0 Å². The fourth-order valence-electron chi connectivity index (χ4n) is 27.1. The molecule has 0 heterocycles. The van der Waals surface area contributed by atoms with Gasteiger partial charge in [0.2, 0.25) is 0 Å². The van der Waals surface area contributed by atoms with Crippen LogP contribution in [-0.4, -0.2) is 109 Å². The summed E-state index contributed by atoms with van der Waals surface area (Å²) < 4.78 is 144. The number of carbonyl (C=O) groups excluding carboxylic acids is 7. The van der Waals surface area contributed by atoms with Gasteiger partial charge in [-0.1, -0.05) is 47.0 Å². The Morgan fingerprint density at radius 3 is 1.03 bits per heavy atom. The summed E-state index contributed by atoms with van der Waals surface area (Å²) in [6.45, 7) is 11.6. The van der Waals surface area contributed by atoms with Crippen LogP contribution in [0.15, 0.2) is 0 Å². The van der Waals surface area contributed by atoms with Crippen molar-refractivity contribution < 1.29 is 102 Å². The van der Waals surface area contributed by atoms with Gasteiger partial charge in [0.05, 0.1) is 44.2 Å². The molecule has 13 unspecified atom stereocenters. The fourth-order valence-corrected chi connectivity index (χ4v) is 27.1. The average molecular weight is 1510 g/mol. The van der Waals surface area contributed by atoms with Crippen LogP contribution >= 0.6 is 0 Å². The lowest BCUT2D eigenvalue weighted by Gasteiger charge is -2.61. The molecule has 19 saturated carbocycles. The van der Waals surface area contributed by atoms with Gasteiger partial charge in [-0.25, -0.2) is 19.2 Å². The monoisotopic (exact) mass is 1510 g/mol. The van der Waals surface area contributed by atoms with E-state index in [1.165, 1.54) is 32.1 Å². The summed E-state index contributed by atoms with van der Waals surface area (Å²) in [6.07, 6.45) is 35.3. The second kappa shape index (κ2) is 29.7. The molecule has 0 N–H and O–H groups in total. The van der Waals surface area contributed by atoms with Crippen molar-refractivity contribution in [2.75, 3.05) is 26.4 Å². The van der Waals surface area contributed by atoms with E-state index in [0.717, 1.165) is 209 Å². The van der Waals surface area contributed by atoms with E-state index in [1.807, 2.05) is 0 Å². The highest BCUT2D eigenvalue weighted by Crippen LogP contribution is 2.70. The minimum absolute atomic E-state index is 0.00299. The van der Waals surface area contributed by atoms with E-state index in [2.05, 4.69) is 27.7 Å². The topological polar surface area (TPSA) is 184 Å². The van der Waals surface area contributed by atoms with Crippen LogP contribution in [0.1, 0.15) is 287 Å². The summed E-state index contributed by atoms with van der Waals surface area (Å²) in [5.74, 6) is -10.5. The summed E-state index contributed by atoms with van der Waals surface area (Å²) in [5.41, 5.74) is -2.12. The van der Waals surface area contributed by atoms with Crippen LogP contribution in [0.4, 0.5) is 35.1 Å². The van der Waals surface area contributed by atoms with Gasteiger partial charge in [-0.05, 0) is 306 Å². The van der Waals surface area contributed by atoms with E-state index >= 15 is 0 Å². The lowest BCUT2D eigenvalue weighted by atomic mass is 9.48. The molecule has 14 nitrogen and oxygen atoms in total. The molecule has 13 atom stereocenters. The summed E-state index contributed by atoms with van der Waals surface area (Å²) >= 11 is 0. The van der Waals surface area contributed by atoms with Crippen molar-refractivity contribution >= 4 is 41.8 Å². The minimum Gasteiger partial charge on any atom is -0.461 e. The van der Waals surface area contributed by atoms with E-state index < -0.39 is 64.4 Å².